The van der Waals surface area contributed by atoms with E-state index in [4.69, 9.17) is 0 Å². The summed E-state index contributed by atoms with van der Waals surface area (Å²) in [6.45, 7) is 1.13. The quantitative estimate of drug-likeness (QED) is 0.509. The first-order valence-electron chi connectivity index (χ1n) is 5.67. The Morgan fingerprint density at radius 3 is 2.58 bits per heavy atom. The third kappa shape index (κ3) is 2.24. The van der Waals surface area contributed by atoms with E-state index >= 15 is 0 Å². The van der Waals surface area contributed by atoms with Crippen LogP contribution >= 0.6 is 0 Å². The van der Waals surface area contributed by atoms with Crippen LogP contribution in [0, 0.1) is 10.1 Å². The highest BCUT2D eigenvalue weighted by molar-refractivity contribution is 6.43. The van der Waals surface area contributed by atoms with Crippen LogP contribution in [0.5, 0.6) is 0 Å². The van der Waals surface area contributed by atoms with Crippen LogP contribution in [0.4, 0.5) is 5.69 Å². The Bertz CT molecular complexity index is 630. The summed E-state index contributed by atoms with van der Waals surface area (Å²) in [6.07, 6.45) is 0.723. The van der Waals surface area contributed by atoms with Crippen LogP contribution < -0.4 is 0 Å². The van der Waals surface area contributed by atoms with E-state index in [1.807, 2.05) is 0 Å². The average molecular weight is 261 g/mol. The number of nitrogens with zero attached hydrogens (tertiary/aromatic N) is 1. The Hall–Kier alpha value is -2.50. The first kappa shape index (κ1) is 12.9. The molecule has 6 heteroatoms. The maximum Gasteiger partial charge on any atom is 0.270 e. The van der Waals surface area contributed by atoms with Crippen molar-refractivity contribution in [2.45, 2.75) is 19.8 Å². The zero-order valence-electron chi connectivity index (χ0n) is 10.2. The number of aryl methyl sites for hydroxylation is 1. The van der Waals surface area contributed by atoms with Crippen LogP contribution in [-0.2, 0) is 16.0 Å². The number of hydrogen-bond donors (Lipinski definition) is 1. The highest BCUT2D eigenvalue weighted by Crippen LogP contribution is 2.32. The van der Waals surface area contributed by atoms with Crippen LogP contribution in [0.2, 0.25) is 0 Å². The molecule has 0 radical (unpaired) electrons. The molecule has 19 heavy (non-hydrogen) atoms. The molecule has 0 saturated heterocycles. The molecule has 1 aromatic rings. The lowest BCUT2D eigenvalue weighted by Gasteiger charge is -2.17. The van der Waals surface area contributed by atoms with Gasteiger partial charge in [0.25, 0.3) is 5.69 Å². The molecule has 0 fully saturated rings. The number of carbonyl (C=O) groups is 2. The zero-order valence-corrected chi connectivity index (χ0v) is 10.2. The first-order chi connectivity index (χ1) is 8.91. The van der Waals surface area contributed by atoms with E-state index in [-0.39, 0.29) is 29.0 Å². The standard InChI is InChI=1S/C13H11NO5/c1-7(15)12(16)10-5-3-8-2-4-9(14(18)19)6-11(8)13(10)17/h2,4,6,17H,3,5H2,1H3. The SMILES string of the molecule is CC(=O)C(=O)C1=C(O)c2cc([N+](=O)[O-])ccc2CC1. The number of allylic oxidation sites excluding steroid dienone is 1. The molecule has 0 bridgehead atoms. The molecule has 0 spiro atoms. The Morgan fingerprint density at radius 2 is 2.00 bits per heavy atom. The summed E-state index contributed by atoms with van der Waals surface area (Å²) in [7, 11) is 0. The molecular formula is C13H11NO5. The largest absolute Gasteiger partial charge is 0.507 e. The van der Waals surface area contributed by atoms with Gasteiger partial charge in [-0.15, -0.1) is 0 Å². The Kier molecular flexibility index (Phi) is 3.16. The van der Waals surface area contributed by atoms with Gasteiger partial charge in [0.2, 0.25) is 5.78 Å². The molecule has 0 aromatic heterocycles. The minimum Gasteiger partial charge on any atom is -0.507 e. The van der Waals surface area contributed by atoms with Crippen molar-refractivity contribution in [2.75, 3.05) is 0 Å². The van der Waals surface area contributed by atoms with Gasteiger partial charge in [-0.2, -0.15) is 0 Å². The number of nitro benzene ring substituents is 1. The number of aliphatic hydroxyl groups excluding tert-OH is 1. The van der Waals surface area contributed by atoms with Gasteiger partial charge in [0.15, 0.2) is 5.78 Å². The summed E-state index contributed by atoms with van der Waals surface area (Å²) in [5, 5.41) is 20.7. The summed E-state index contributed by atoms with van der Waals surface area (Å²) in [5.41, 5.74) is 0.843. The molecular weight excluding hydrogens is 250 g/mol. The predicted molar refractivity (Wildman–Crippen MR) is 66.7 cm³/mol. The molecule has 0 unspecified atom stereocenters. The lowest BCUT2D eigenvalue weighted by atomic mass is 9.87. The van der Waals surface area contributed by atoms with E-state index in [0.717, 1.165) is 12.5 Å². The molecule has 0 aliphatic heterocycles. The lowest BCUT2D eigenvalue weighted by molar-refractivity contribution is -0.384. The third-order valence-electron chi connectivity index (χ3n) is 3.08. The number of non-ortho nitro benzene ring substituents is 1. The molecule has 0 atom stereocenters. The van der Waals surface area contributed by atoms with Crippen LogP contribution in [0.25, 0.3) is 5.76 Å². The van der Waals surface area contributed by atoms with E-state index in [9.17, 15) is 24.8 Å². The normalized spacial score (nSPS) is 13.9. The van der Waals surface area contributed by atoms with Crippen molar-refractivity contribution in [1.29, 1.82) is 0 Å². The third-order valence-corrected chi connectivity index (χ3v) is 3.08. The topological polar surface area (TPSA) is 97.5 Å². The molecule has 1 aromatic carbocycles. The minimum absolute atomic E-state index is 0.0282. The van der Waals surface area contributed by atoms with Crippen molar-refractivity contribution in [2.24, 2.45) is 0 Å². The number of fused-ring (bicyclic) bond motifs is 1. The highest BCUT2D eigenvalue weighted by Gasteiger charge is 2.26. The molecule has 0 heterocycles. The Labute approximate surface area is 108 Å². The van der Waals surface area contributed by atoms with E-state index in [1.165, 1.54) is 12.1 Å². The number of aliphatic hydroxyl groups is 1. The van der Waals surface area contributed by atoms with Crippen molar-refractivity contribution in [3.05, 3.63) is 45.0 Å². The minimum atomic E-state index is -0.741. The van der Waals surface area contributed by atoms with Gasteiger partial charge in [0.05, 0.1) is 4.92 Å². The molecule has 2 rings (SSSR count). The van der Waals surface area contributed by atoms with Gasteiger partial charge in [-0.25, -0.2) is 0 Å². The lowest BCUT2D eigenvalue weighted by Crippen LogP contribution is -2.18. The zero-order chi connectivity index (χ0) is 14.2. The van der Waals surface area contributed by atoms with Gasteiger partial charge < -0.3 is 5.11 Å². The highest BCUT2D eigenvalue weighted by atomic mass is 16.6. The van der Waals surface area contributed by atoms with Crippen molar-refractivity contribution in [3.63, 3.8) is 0 Å². The Morgan fingerprint density at radius 1 is 1.32 bits per heavy atom. The number of carbonyl (C=O) groups excluding carboxylic acids is 2. The van der Waals surface area contributed by atoms with Gasteiger partial charge in [-0.05, 0) is 18.4 Å². The second kappa shape index (κ2) is 4.64. The number of ketones is 2. The van der Waals surface area contributed by atoms with Crippen molar-refractivity contribution in [3.8, 4) is 0 Å². The molecule has 1 aliphatic carbocycles. The molecule has 98 valence electrons. The number of nitro groups is 1. The number of benzene rings is 1. The maximum absolute atomic E-state index is 11.6. The summed E-state index contributed by atoms with van der Waals surface area (Å²) in [6, 6.07) is 4.12. The summed E-state index contributed by atoms with van der Waals surface area (Å²) in [5.74, 6) is -1.73. The molecule has 6 nitrogen and oxygen atoms in total. The summed E-state index contributed by atoms with van der Waals surface area (Å²) < 4.78 is 0. The van der Waals surface area contributed by atoms with Crippen LogP contribution in [-0.4, -0.2) is 21.6 Å². The smallest absolute Gasteiger partial charge is 0.270 e. The fourth-order valence-electron chi connectivity index (χ4n) is 2.09. The predicted octanol–water partition coefficient (Wildman–Crippen LogP) is 1.97. The van der Waals surface area contributed by atoms with E-state index in [1.54, 1.807) is 6.07 Å². The van der Waals surface area contributed by atoms with Gasteiger partial charge in [0, 0.05) is 30.2 Å². The first-order valence-corrected chi connectivity index (χ1v) is 5.67. The van der Waals surface area contributed by atoms with Gasteiger partial charge in [-0.3, -0.25) is 19.7 Å². The number of Topliss-reactive ketones (excluding diaryl/α,β-unsaturated/α-hetero) is 2. The van der Waals surface area contributed by atoms with E-state index in [2.05, 4.69) is 0 Å². The molecule has 1 aliphatic rings. The molecule has 1 N–H and O–H groups in total. The van der Waals surface area contributed by atoms with Crippen LogP contribution in [0.3, 0.4) is 0 Å². The average Bonchev–Trinajstić information content (AvgIpc) is 2.38. The van der Waals surface area contributed by atoms with Crippen molar-refractivity contribution in [1.82, 2.24) is 0 Å². The second-order valence-corrected chi connectivity index (χ2v) is 4.31. The fraction of sp³-hybridized carbons (Fsp3) is 0.231. The van der Waals surface area contributed by atoms with Gasteiger partial charge >= 0.3 is 0 Å². The van der Waals surface area contributed by atoms with E-state index in [0.29, 0.717) is 6.42 Å². The second-order valence-electron chi connectivity index (χ2n) is 4.31. The fourth-order valence-corrected chi connectivity index (χ4v) is 2.09. The Balaban J connectivity index is 2.56. The monoisotopic (exact) mass is 261 g/mol. The van der Waals surface area contributed by atoms with E-state index < -0.39 is 16.5 Å². The maximum atomic E-state index is 11.6. The molecule has 0 saturated carbocycles. The van der Waals surface area contributed by atoms with Gasteiger partial charge in [0.1, 0.15) is 5.76 Å². The van der Waals surface area contributed by atoms with Crippen LogP contribution in [0.15, 0.2) is 23.8 Å². The molecule has 0 amide bonds. The summed E-state index contributed by atoms with van der Waals surface area (Å²) >= 11 is 0. The van der Waals surface area contributed by atoms with Crippen molar-refractivity contribution >= 4 is 23.0 Å². The van der Waals surface area contributed by atoms with Crippen LogP contribution in [0.1, 0.15) is 24.5 Å². The number of hydrogen-bond acceptors (Lipinski definition) is 5. The van der Waals surface area contributed by atoms with Crippen molar-refractivity contribution < 1.29 is 19.6 Å². The summed E-state index contributed by atoms with van der Waals surface area (Å²) in [4.78, 5) is 32.8. The number of rotatable bonds is 3. The van der Waals surface area contributed by atoms with Gasteiger partial charge in [-0.1, -0.05) is 6.07 Å².